The van der Waals surface area contributed by atoms with Crippen molar-refractivity contribution < 1.29 is 4.39 Å². The van der Waals surface area contributed by atoms with Crippen molar-refractivity contribution in [2.24, 2.45) is 0 Å². The van der Waals surface area contributed by atoms with Gasteiger partial charge in [-0.25, -0.2) is 4.39 Å². The van der Waals surface area contributed by atoms with Crippen LogP contribution in [0.4, 0.5) is 4.39 Å². The molecule has 0 unspecified atom stereocenters. The molecule has 0 heterocycles. The van der Waals surface area contributed by atoms with Gasteiger partial charge in [-0.1, -0.05) is 18.2 Å². The molecule has 86 valence electrons. The van der Waals surface area contributed by atoms with E-state index in [0.717, 1.165) is 19.4 Å². The maximum Gasteiger partial charge on any atom is 0.127 e. The Labute approximate surface area is 96.1 Å². The molecule has 1 rings (SSSR count). The van der Waals surface area contributed by atoms with Crippen LogP contribution in [0.3, 0.4) is 0 Å². The second-order valence-corrected chi connectivity index (χ2v) is 3.81. The molecular formula is C13H17FN2. The molecule has 1 N–H and O–H groups in total. The molecule has 1 aromatic carbocycles. The largest absolute Gasteiger partial charge is 0.310 e. The highest BCUT2D eigenvalue weighted by Crippen LogP contribution is 2.15. The molecule has 0 aromatic heterocycles. The molecule has 0 saturated heterocycles. The molecule has 0 radical (unpaired) electrons. The van der Waals surface area contributed by atoms with E-state index >= 15 is 0 Å². The fourth-order valence-electron chi connectivity index (χ4n) is 1.58. The Bertz CT molecular complexity index is 357. The van der Waals surface area contributed by atoms with Gasteiger partial charge in [0.15, 0.2) is 0 Å². The topological polar surface area (TPSA) is 35.8 Å². The molecule has 16 heavy (non-hydrogen) atoms. The summed E-state index contributed by atoms with van der Waals surface area (Å²) in [6.07, 6.45) is 2.44. The molecule has 0 spiro atoms. The third-order valence-corrected chi connectivity index (χ3v) is 2.54. The van der Waals surface area contributed by atoms with Gasteiger partial charge in [0.25, 0.3) is 0 Å². The Kier molecular flexibility index (Phi) is 5.52. The SMILES string of the molecule is C[C@@H](NCCCCC#N)c1ccccc1F. The maximum atomic E-state index is 13.4. The van der Waals surface area contributed by atoms with Crippen LogP contribution in [0.2, 0.25) is 0 Å². The molecule has 1 atom stereocenters. The van der Waals surface area contributed by atoms with Crippen molar-refractivity contribution in [1.82, 2.24) is 5.32 Å². The molecule has 0 aliphatic rings. The zero-order valence-electron chi connectivity index (χ0n) is 9.54. The summed E-state index contributed by atoms with van der Waals surface area (Å²) in [5, 5.41) is 11.6. The number of halogens is 1. The van der Waals surface area contributed by atoms with E-state index in [9.17, 15) is 4.39 Å². The number of unbranched alkanes of at least 4 members (excludes halogenated alkanes) is 2. The smallest absolute Gasteiger partial charge is 0.127 e. The van der Waals surface area contributed by atoms with Crippen LogP contribution in [0.25, 0.3) is 0 Å². The Morgan fingerprint density at radius 3 is 2.81 bits per heavy atom. The van der Waals surface area contributed by atoms with Gasteiger partial charge in [-0.15, -0.1) is 0 Å². The summed E-state index contributed by atoms with van der Waals surface area (Å²) in [5.74, 6) is -0.167. The van der Waals surface area contributed by atoms with E-state index in [2.05, 4.69) is 11.4 Å². The van der Waals surface area contributed by atoms with Crippen LogP contribution in [-0.2, 0) is 0 Å². The van der Waals surface area contributed by atoms with Crippen molar-refractivity contribution in [3.63, 3.8) is 0 Å². The number of nitrogens with zero attached hydrogens (tertiary/aromatic N) is 1. The number of hydrogen-bond acceptors (Lipinski definition) is 2. The molecule has 2 nitrogen and oxygen atoms in total. The minimum Gasteiger partial charge on any atom is -0.310 e. The fraction of sp³-hybridized carbons (Fsp3) is 0.462. The number of hydrogen-bond donors (Lipinski definition) is 1. The lowest BCUT2D eigenvalue weighted by Gasteiger charge is -2.14. The van der Waals surface area contributed by atoms with Crippen LogP contribution in [0.5, 0.6) is 0 Å². The lowest BCUT2D eigenvalue weighted by Crippen LogP contribution is -2.20. The van der Waals surface area contributed by atoms with Gasteiger partial charge in [0, 0.05) is 18.0 Å². The van der Waals surface area contributed by atoms with E-state index in [1.54, 1.807) is 12.1 Å². The van der Waals surface area contributed by atoms with Crippen molar-refractivity contribution in [2.75, 3.05) is 6.54 Å². The average molecular weight is 220 g/mol. The number of nitrogens with one attached hydrogen (secondary N) is 1. The lowest BCUT2D eigenvalue weighted by molar-refractivity contribution is 0.516. The number of nitriles is 1. The Morgan fingerprint density at radius 1 is 1.38 bits per heavy atom. The van der Waals surface area contributed by atoms with E-state index in [-0.39, 0.29) is 11.9 Å². The Balaban J connectivity index is 2.33. The van der Waals surface area contributed by atoms with Crippen molar-refractivity contribution in [3.8, 4) is 6.07 Å². The second kappa shape index (κ2) is 6.97. The molecule has 1 aromatic rings. The minimum absolute atomic E-state index is 0.0169. The predicted molar refractivity (Wildman–Crippen MR) is 62.3 cm³/mol. The van der Waals surface area contributed by atoms with Crippen molar-refractivity contribution in [1.29, 1.82) is 5.26 Å². The van der Waals surface area contributed by atoms with E-state index in [1.807, 2.05) is 13.0 Å². The highest BCUT2D eigenvalue weighted by molar-refractivity contribution is 5.20. The van der Waals surface area contributed by atoms with Crippen LogP contribution < -0.4 is 5.32 Å². The van der Waals surface area contributed by atoms with Crippen LogP contribution in [-0.4, -0.2) is 6.54 Å². The highest BCUT2D eigenvalue weighted by Gasteiger charge is 2.08. The van der Waals surface area contributed by atoms with Crippen molar-refractivity contribution >= 4 is 0 Å². The van der Waals surface area contributed by atoms with E-state index in [1.165, 1.54) is 6.07 Å². The number of benzene rings is 1. The average Bonchev–Trinajstić information content (AvgIpc) is 2.29. The first-order valence-electron chi connectivity index (χ1n) is 5.60. The zero-order chi connectivity index (χ0) is 11.8. The Morgan fingerprint density at radius 2 is 2.12 bits per heavy atom. The molecule has 0 aliphatic carbocycles. The molecular weight excluding hydrogens is 203 g/mol. The van der Waals surface area contributed by atoms with Gasteiger partial charge in [-0.2, -0.15) is 5.26 Å². The van der Waals surface area contributed by atoms with Gasteiger partial charge >= 0.3 is 0 Å². The monoisotopic (exact) mass is 220 g/mol. The predicted octanol–water partition coefficient (Wildman–Crippen LogP) is 3.17. The first-order chi connectivity index (χ1) is 7.75. The standard InChI is InChI=1S/C13H17FN2/c1-11(16-10-6-2-5-9-15)12-7-3-4-8-13(12)14/h3-4,7-8,11,16H,2,5-6,10H2,1H3/t11-/m1/s1. The van der Waals surface area contributed by atoms with Gasteiger partial charge in [-0.05, 0) is 32.4 Å². The summed E-state index contributed by atoms with van der Waals surface area (Å²) in [6.45, 7) is 2.76. The Hall–Kier alpha value is -1.40. The van der Waals surface area contributed by atoms with Gasteiger partial charge in [-0.3, -0.25) is 0 Å². The molecule has 0 bridgehead atoms. The van der Waals surface area contributed by atoms with Crippen LogP contribution in [0.15, 0.2) is 24.3 Å². The summed E-state index contributed by atoms with van der Waals surface area (Å²) in [5.41, 5.74) is 0.697. The fourth-order valence-corrected chi connectivity index (χ4v) is 1.58. The summed E-state index contributed by atoms with van der Waals surface area (Å²) in [6, 6.07) is 8.93. The molecule has 0 fully saturated rings. The molecule has 0 amide bonds. The normalized spacial score (nSPS) is 12.1. The second-order valence-electron chi connectivity index (χ2n) is 3.81. The van der Waals surface area contributed by atoms with Crippen molar-refractivity contribution in [2.45, 2.75) is 32.2 Å². The third-order valence-electron chi connectivity index (χ3n) is 2.54. The first kappa shape index (κ1) is 12.7. The van der Waals surface area contributed by atoms with E-state index in [0.29, 0.717) is 12.0 Å². The quantitative estimate of drug-likeness (QED) is 0.747. The van der Waals surface area contributed by atoms with E-state index < -0.39 is 0 Å². The summed E-state index contributed by atoms with van der Waals surface area (Å²) in [7, 11) is 0. The molecule has 0 aliphatic heterocycles. The molecule has 3 heteroatoms. The summed E-state index contributed by atoms with van der Waals surface area (Å²) in [4.78, 5) is 0. The van der Waals surface area contributed by atoms with Gasteiger partial charge in [0.1, 0.15) is 5.82 Å². The van der Waals surface area contributed by atoms with Gasteiger partial charge in [0.05, 0.1) is 6.07 Å². The third kappa shape index (κ3) is 4.00. The van der Waals surface area contributed by atoms with Crippen LogP contribution in [0.1, 0.15) is 37.8 Å². The lowest BCUT2D eigenvalue weighted by atomic mass is 10.1. The molecule has 0 saturated carbocycles. The maximum absolute atomic E-state index is 13.4. The van der Waals surface area contributed by atoms with E-state index in [4.69, 9.17) is 5.26 Å². The van der Waals surface area contributed by atoms with Crippen LogP contribution >= 0.6 is 0 Å². The summed E-state index contributed by atoms with van der Waals surface area (Å²) < 4.78 is 13.4. The van der Waals surface area contributed by atoms with Gasteiger partial charge < -0.3 is 5.32 Å². The highest BCUT2D eigenvalue weighted by atomic mass is 19.1. The minimum atomic E-state index is -0.167. The van der Waals surface area contributed by atoms with Crippen LogP contribution in [0, 0.1) is 17.1 Å². The van der Waals surface area contributed by atoms with Gasteiger partial charge in [0.2, 0.25) is 0 Å². The first-order valence-corrected chi connectivity index (χ1v) is 5.60. The zero-order valence-corrected chi connectivity index (χ0v) is 9.54. The number of rotatable bonds is 6. The van der Waals surface area contributed by atoms with Crippen molar-refractivity contribution in [3.05, 3.63) is 35.6 Å². The summed E-state index contributed by atoms with van der Waals surface area (Å²) >= 11 is 0.